The number of hydrogen-bond donors (Lipinski definition) is 1. The first kappa shape index (κ1) is 15.1. The summed E-state index contributed by atoms with van der Waals surface area (Å²) in [7, 11) is 0. The molecule has 1 aromatic carbocycles. The van der Waals surface area contributed by atoms with E-state index in [4.69, 9.17) is 5.11 Å². The number of aliphatic hydroxyl groups excluding tert-OH is 1. The fraction of sp³-hybridized carbons (Fsp3) is 0.556. The van der Waals surface area contributed by atoms with Crippen molar-refractivity contribution >= 4 is 0 Å². The summed E-state index contributed by atoms with van der Waals surface area (Å²) in [5, 5.41) is 8.87. The van der Waals surface area contributed by atoms with E-state index in [1.807, 2.05) is 6.07 Å². The highest BCUT2D eigenvalue weighted by Gasteiger charge is 2.19. The molecule has 1 heterocycles. The fourth-order valence-corrected chi connectivity index (χ4v) is 3.04. The van der Waals surface area contributed by atoms with Gasteiger partial charge in [0.1, 0.15) is 6.61 Å². The van der Waals surface area contributed by atoms with Gasteiger partial charge in [0.15, 0.2) is 0 Å². The van der Waals surface area contributed by atoms with Gasteiger partial charge in [-0.25, -0.2) is 0 Å². The number of rotatable bonds is 3. The SMILES string of the molecule is CCC1CCCCCN1Cc1ccccc1C#CCO. The predicted molar refractivity (Wildman–Crippen MR) is 83.4 cm³/mol. The molecule has 2 heteroatoms. The lowest BCUT2D eigenvalue weighted by molar-refractivity contribution is 0.186. The van der Waals surface area contributed by atoms with Gasteiger partial charge < -0.3 is 5.11 Å². The molecule has 108 valence electrons. The first-order valence-corrected chi connectivity index (χ1v) is 7.76. The van der Waals surface area contributed by atoms with Gasteiger partial charge in [-0.1, -0.05) is 49.8 Å². The lowest BCUT2D eigenvalue weighted by Gasteiger charge is -2.29. The van der Waals surface area contributed by atoms with Crippen LogP contribution in [0.25, 0.3) is 0 Å². The summed E-state index contributed by atoms with van der Waals surface area (Å²) in [5.74, 6) is 5.84. The third-order valence-corrected chi connectivity index (χ3v) is 4.16. The van der Waals surface area contributed by atoms with Gasteiger partial charge >= 0.3 is 0 Å². The van der Waals surface area contributed by atoms with Gasteiger partial charge in [-0.3, -0.25) is 4.90 Å². The Labute approximate surface area is 122 Å². The number of benzene rings is 1. The highest BCUT2D eigenvalue weighted by molar-refractivity contribution is 5.41. The van der Waals surface area contributed by atoms with E-state index >= 15 is 0 Å². The van der Waals surface area contributed by atoms with Gasteiger partial charge in [0.25, 0.3) is 0 Å². The van der Waals surface area contributed by atoms with Crippen LogP contribution in [-0.2, 0) is 6.54 Å². The molecule has 0 aliphatic carbocycles. The highest BCUT2D eigenvalue weighted by Crippen LogP contribution is 2.22. The lowest BCUT2D eigenvalue weighted by Crippen LogP contribution is -2.34. The molecule has 0 radical (unpaired) electrons. The Hall–Kier alpha value is -1.30. The Kier molecular flexibility index (Phi) is 6.11. The molecular weight excluding hydrogens is 246 g/mol. The zero-order valence-electron chi connectivity index (χ0n) is 12.4. The molecule has 2 rings (SSSR count). The second kappa shape index (κ2) is 8.09. The van der Waals surface area contributed by atoms with Crippen molar-refractivity contribution in [2.24, 2.45) is 0 Å². The monoisotopic (exact) mass is 271 g/mol. The van der Waals surface area contributed by atoms with E-state index < -0.39 is 0 Å². The normalized spacial score (nSPS) is 20.0. The van der Waals surface area contributed by atoms with Crippen molar-refractivity contribution in [3.05, 3.63) is 35.4 Å². The zero-order chi connectivity index (χ0) is 14.2. The van der Waals surface area contributed by atoms with Crippen LogP contribution in [0.1, 0.15) is 50.2 Å². The topological polar surface area (TPSA) is 23.5 Å². The molecule has 1 N–H and O–H groups in total. The summed E-state index contributed by atoms with van der Waals surface area (Å²) in [6, 6.07) is 9.02. The van der Waals surface area contributed by atoms with Crippen molar-refractivity contribution in [2.75, 3.05) is 13.2 Å². The Morgan fingerprint density at radius 3 is 2.90 bits per heavy atom. The minimum absolute atomic E-state index is 0.0738. The molecule has 0 amide bonds. The largest absolute Gasteiger partial charge is 0.384 e. The molecular formula is C18H25NO. The van der Waals surface area contributed by atoms with Gasteiger partial charge in [0, 0.05) is 18.2 Å². The number of aliphatic hydroxyl groups is 1. The van der Waals surface area contributed by atoms with E-state index in [1.165, 1.54) is 44.2 Å². The smallest absolute Gasteiger partial charge is 0.104 e. The minimum atomic E-state index is -0.0738. The van der Waals surface area contributed by atoms with Crippen LogP contribution in [0.2, 0.25) is 0 Å². The second-order valence-corrected chi connectivity index (χ2v) is 5.50. The van der Waals surface area contributed by atoms with E-state index in [-0.39, 0.29) is 6.61 Å². The summed E-state index contributed by atoms with van der Waals surface area (Å²) in [6.45, 7) is 4.39. The molecule has 1 unspecified atom stereocenters. The second-order valence-electron chi connectivity index (χ2n) is 5.50. The molecule has 2 nitrogen and oxygen atoms in total. The molecule has 0 spiro atoms. The maximum absolute atomic E-state index is 8.87. The van der Waals surface area contributed by atoms with Crippen LogP contribution in [0, 0.1) is 11.8 Å². The molecule has 1 saturated heterocycles. The van der Waals surface area contributed by atoms with E-state index in [2.05, 4.69) is 41.9 Å². The quantitative estimate of drug-likeness (QED) is 0.854. The van der Waals surface area contributed by atoms with Crippen LogP contribution in [-0.4, -0.2) is 29.2 Å². The van der Waals surface area contributed by atoms with Gasteiger partial charge in [-0.15, -0.1) is 0 Å². The molecule has 0 saturated carbocycles. The fourth-order valence-electron chi connectivity index (χ4n) is 3.04. The van der Waals surface area contributed by atoms with Crippen LogP contribution in [0.4, 0.5) is 0 Å². The average molecular weight is 271 g/mol. The molecule has 1 aliphatic rings. The summed E-state index contributed by atoms with van der Waals surface area (Å²) in [6.07, 6.45) is 6.58. The first-order chi connectivity index (χ1) is 9.85. The van der Waals surface area contributed by atoms with E-state index in [0.717, 1.165) is 12.1 Å². The van der Waals surface area contributed by atoms with E-state index in [9.17, 15) is 0 Å². The van der Waals surface area contributed by atoms with Gasteiger partial charge in [-0.05, 0) is 37.4 Å². The van der Waals surface area contributed by atoms with E-state index in [1.54, 1.807) is 0 Å². The third-order valence-electron chi connectivity index (χ3n) is 4.16. The number of nitrogens with zero attached hydrogens (tertiary/aromatic N) is 1. The molecule has 1 aromatic rings. The molecule has 1 atom stereocenters. The van der Waals surface area contributed by atoms with E-state index in [0.29, 0.717) is 6.04 Å². The summed E-state index contributed by atoms with van der Waals surface area (Å²) in [4.78, 5) is 2.62. The maximum Gasteiger partial charge on any atom is 0.104 e. The Morgan fingerprint density at radius 2 is 2.10 bits per heavy atom. The van der Waals surface area contributed by atoms with Crippen molar-refractivity contribution in [3.8, 4) is 11.8 Å². The van der Waals surface area contributed by atoms with Gasteiger partial charge in [0.05, 0.1) is 0 Å². The van der Waals surface area contributed by atoms with Gasteiger partial charge in [0.2, 0.25) is 0 Å². The standard InChI is InChI=1S/C18H25NO/c1-2-18-12-4-3-7-13-19(18)15-17-10-6-5-9-16(17)11-8-14-20/h5-6,9-10,18,20H,2-4,7,12-15H2,1H3. The summed E-state index contributed by atoms with van der Waals surface area (Å²) in [5.41, 5.74) is 2.34. The van der Waals surface area contributed by atoms with Crippen molar-refractivity contribution < 1.29 is 5.11 Å². The summed E-state index contributed by atoms with van der Waals surface area (Å²) >= 11 is 0. The molecule has 1 fully saturated rings. The minimum Gasteiger partial charge on any atom is -0.384 e. The van der Waals surface area contributed by atoms with Crippen LogP contribution in [0.3, 0.4) is 0 Å². The Morgan fingerprint density at radius 1 is 1.25 bits per heavy atom. The predicted octanol–water partition coefficient (Wildman–Crippen LogP) is 3.19. The molecule has 20 heavy (non-hydrogen) atoms. The molecule has 0 bridgehead atoms. The van der Waals surface area contributed by atoms with Crippen LogP contribution < -0.4 is 0 Å². The number of likely N-dealkylation sites (tertiary alicyclic amines) is 1. The van der Waals surface area contributed by atoms with Crippen LogP contribution >= 0.6 is 0 Å². The molecule has 0 aromatic heterocycles. The zero-order valence-corrected chi connectivity index (χ0v) is 12.4. The van der Waals surface area contributed by atoms with Gasteiger partial charge in [-0.2, -0.15) is 0 Å². The number of hydrogen-bond acceptors (Lipinski definition) is 2. The van der Waals surface area contributed by atoms with Crippen LogP contribution in [0.5, 0.6) is 0 Å². The first-order valence-electron chi connectivity index (χ1n) is 7.76. The van der Waals surface area contributed by atoms with Crippen molar-refractivity contribution in [1.29, 1.82) is 0 Å². The third kappa shape index (κ3) is 4.10. The lowest BCUT2D eigenvalue weighted by atomic mass is 10.0. The Balaban J connectivity index is 2.15. The highest BCUT2D eigenvalue weighted by atomic mass is 16.2. The van der Waals surface area contributed by atoms with Crippen LogP contribution in [0.15, 0.2) is 24.3 Å². The van der Waals surface area contributed by atoms with Crippen molar-refractivity contribution in [2.45, 2.75) is 51.6 Å². The molecule has 1 aliphatic heterocycles. The van der Waals surface area contributed by atoms with Crippen molar-refractivity contribution in [3.63, 3.8) is 0 Å². The average Bonchev–Trinajstić information content (AvgIpc) is 2.71. The maximum atomic E-state index is 8.87. The summed E-state index contributed by atoms with van der Waals surface area (Å²) < 4.78 is 0. The Bertz CT molecular complexity index is 472. The van der Waals surface area contributed by atoms with Crippen molar-refractivity contribution in [1.82, 2.24) is 4.90 Å².